The number of hydrogen-bond donors (Lipinski definition) is 0. The zero-order valence-corrected chi connectivity index (χ0v) is 12.8. The van der Waals surface area contributed by atoms with Gasteiger partial charge < -0.3 is 9.47 Å². The molecule has 0 aromatic heterocycles. The summed E-state index contributed by atoms with van der Waals surface area (Å²) in [5.41, 5.74) is 4.46. The van der Waals surface area contributed by atoms with Crippen molar-refractivity contribution in [1.29, 1.82) is 0 Å². The molecule has 0 unspecified atom stereocenters. The average molecular weight is 302 g/mol. The fourth-order valence-electron chi connectivity index (χ4n) is 2.91. The Bertz CT molecular complexity index is 713. The molecule has 0 atom stereocenters. The molecule has 2 aromatic carbocycles. The van der Waals surface area contributed by atoms with Gasteiger partial charge in [0.05, 0.1) is 13.2 Å². The van der Waals surface area contributed by atoms with Crippen LogP contribution in [0.25, 0.3) is 0 Å². The summed E-state index contributed by atoms with van der Waals surface area (Å²) in [6, 6.07) is 20.4. The van der Waals surface area contributed by atoms with E-state index in [2.05, 4.69) is 42.5 Å². The smallest absolute Gasteiger partial charge is 0.223 e. The molecule has 0 N–H and O–H groups in total. The van der Waals surface area contributed by atoms with Crippen LogP contribution in [0.4, 0.5) is 0 Å². The highest BCUT2D eigenvalue weighted by atomic mass is 16.7. The minimum Gasteiger partial charge on any atom is -0.337 e. The van der Waals surface area contributed by atoms with Crippen LogP contribution in [0.5, 0.6) is 0 Å². The Morgan fingerprint density at radius 3 is 1.70 bits per heavy atom. The van der Waals surface area contributed by atoms with Gasteiger partial charge in [-0.1, -0.05) is 78.9 Å². The average Bonchev–Trinajstić information content (AvgIpc) is 2.64. The highest BCUT2D eigenvalue weighted by Gasteiger charge is 2.47. The van der Waals surface area contributed by atoms with Crippen molar-refractivity contribution in [2.24, 2.45) is 0 Å². The Balaban J connectivity index is 1.51. The third-order valence-corrected chi connectivity index (χ3v) is 4.19. The van der Waals surface area contributed by atoms with Gasteiger partial charge in [-0.3, -0.25) is 0 Å². The Hall–Kier alpha value is -2.42. The van der Waals surface area contributed by atoms with Crippen LogP contribution in [0.15, 0.2) is 96.1 Å². The minimum absolute atomic E-state index is 0.526. The van der Waals surface area contributed by atoms with Crippen LogP contribution in [-0.2, 0) is 22.7 Å². The molecule has 0 amide bonds. The Morgan fingerprint density at radius 2 is 1.26 bits per heavy atom. The fourth-order valence-corrected chi connectivity index (χ4v) is 2.91. The highest BCUT2D eigenvalue weighted by molar-refractivity contribution is 5.60. The van der Waals surface area contributed by atoms with Gasteiger partial charge in [0.1, 0.15) is 0 Å². The lowest BCUT2D eigenvalue weighted by atomic mass is 9.80. The third kappa shape index (κ3) is 2.67. The third-order valence-electron chi connectivity index (χ3n) is 4.19. The van der Waals surface area contributed by atoms with E-state index in [4.69, 9.17) is 9.47 Å². The van der Waals surface area contributed by atoms with E-state index < -0.39 is 5.79 Å². The second-order valence-corrected chi connectivity index (χ2v) is 5.75. The summed E-state index contributed by atoms with van der Waals surface area (Å²) >= 11 is 0. The van der Waals surface area contributed by atoms with E-state index in [1.54, 1.807) is 0 Å². The molecule has 0 spiro atoms. The van der Waals surface area contributed by atoms with Crippen LogP contribution in [0.1, 0.15) is 11.1 Å². The summed E-state index contributed by atoms with van der Waals surface area (Å²) in [6.45, 7) is 1.05. The summed E-state index contributed by atoms with van der Waals surface area (Å²) in [4.78, 5) is 0. The maximum absolute atomic E-state index is 6.23. The van der Waals surface area contributed by atoms with Gasteiger partial charge >= 0.3 is 0 Å². The predicted molar refractivity (Wildman–Crippen MR) is 90.5 cm³/mol. The molecule has 0 saturated heterocycles. The van der Waals surface area contributed by atoms with E-state index >= 15 is 0 Å². The first-order valence-electron chi connectivity index (χ1n) is 7.84. The quantitative estimate of drug-likeness (QED) is 0.729. The first kappa shape index (κ1) is 14.2. The van der Waals surface area contributed by atoms with Crippen LogP contribution in [0.3, 0.4) is 0 Å². The standard InChI is InChI=1S/C21H18O2/c1-3-8-17(9-4-1)15-22-21(19-12-7-13-20(21)14-19)23-16-18-10-5-2-6-11-18/h1-14H,15-16H2. The lowest BCUT2D eigenvalue weighted by molar-refractivity contribution is -0.204. The molecule has 2 heteroatoms. The maximum Gasteiger partial charge on any atom is 0.223 e. The minimum atomic E-state index is -0.722. The van der Waals surface area contributed by atoms with Gasteiger partial charge in [0.15, 0.2) is 0 Å². The summed E-state index contributed by atoms with van der Waals surface area (Å²) < 4.78 is 12.5. The van der Waals surface area contributed by atoms with E-state index in [1.165, 1.54) is 0 Å². The Kier molecular flexibility index (Phi) is 3.70. The van der Waals surface area contributed by atoms with Gasteiger partial charge in [-0.2, -0.15) is 0 Å². The molecule has 2 aliphatic carbocycles. The molecule has 0 aliphatic heterocycles. The van der Waals surface area contributed by atoms with Crippen molar-refractivity contribution in [2.75, 3.05) is 0 Å². The van der Waals surface area contributed by atoms with Crippen LogP contribution in [0, 0.1) is 0 Å². The van der Waals surface area contributed by atoms with Gasteiger partial charge in [0, 0.05) is 11.1 Å². The topological polar surface area (TPSA) is 18.5 Å². The second-order valence-electron chi connectivity index (χ2n) is 5.75. The molecule has 2 aliphatic rings. The van der Waals surface area contributed by atoms with Crippen LogP contribution in [0.2, 0.25) is 0 Å². The van der Waals surface area contributed by atoms with Gasteiger partial charge in [-0.25, -0.2) is 0 Å². The number of hydrogen-bond acceptors (Lipinski definition) is 2. The molecule has 23 heavy (non-hydrogen) atoms. The first-order valence-corrected chi connectivity index (χ1v) is 7.84. The Labute approximate surface area is 136 Å². The Morgan fingerprint density at radius 1 is 0.696 bits per heavy atom. The van der Waals surface area contributed by atoms with Gasteiger partial charge in [0.2, 0.25) is 5.79 Å². The summed E-state index contributed by atoms with van der Waals surface area (Å²) in [5, 5.41) is 0. The van der Waals surface area contributed by atoms with E-state index in [1.807, 2.05) is 42.5 Å². The van der Waals surface area contributed by atoms with Gasteiger partial charge in [-0.05, 0) is 17.2 Å². The number of rotatable bonds is 6. The predicted octanol–water partition coefficient (Wildman–Crippen LogP) is 4.55. The number of allylic oxidation sites excluding steroid dienone is 2. The highest BCUT2D eigenvalue weighted by Crippen LogP contribution is 2.46. The molecule has 2 nitrogen and oxygen atoms in total. The molecular formula is C21H18O2. The molecule has 2 aromatic rings. The maximum atomic E-state index is 6.23. The van der Waals surface area contributed by atoms with Gasteiger partial charge in [-0.15, -0.1) is 0 Å². The molecule has 0 heterocycles. The molecule has 0 saturated carbocycles. The first-order chi connectivity index (χ1) is 11.4. The largest absolute Gasteiger partial charge is 0.337 e. The molecule has 0 radical (unpaired) electrons. The summed E-state index contributed by atoms with van der Waals surface area (Å²) in [7, 11) is 0. The van der Waals surface area contributed by atoms with Crippen molar-refractivity contribution >= 4 is 0 Å². The molecule has 4 rings (SSSR count). The van der Waals surface area contributed by atoms with Crippen LogP contribution < -0.4 is 0 Å². The number of ether oxygens (including phenoxy) is 2. The van der Waals surface area contributed by atoms with Crippen molar-refractivity contribution in [3.05, 3.63) is 107 Å². The van der Waals surface area contributed by atoms with Crippen molar-refractivity contribution in [2.45, 2.75) is 19.0 Å². The molecule has 0 fully saturated rings. The van der Waals surface area contributed by atoms with Crippen LogP contribution >= 0.6 is 0 Å². The zero-order valence-electron chi connectivity index (χ0n) is 12.8. The number of fused-ring (bicyclic) bond motifs is 2. The monoisotopic (exact) mass is 302 g/mol. The number of benzene rings is 2. The van der Waals surface area contributed by atoms with E-state index in [0.717, 1.165) is 22.3 Å². The van der Waals surface area contributed by atoms with Crippen LogP contribution in [-0.4, -0.2) is 5.79 Å². The SMILES string of the molecule is c1ccc(COC2(OCc3ccccc3)c3cccc2c3)cc1. The summed E-state index contributed by atoms with van der Waals surface area (Å²) in [5.74, 6) is -0.722. The second kappa shape index (κ2) is 5.99. The van der Waals surface area contributed by atoms with Crippen molar-refractivity contribution in [3.63, 3.8) is 0 Å². The van der Waals surface area contributed by atoms with E-state index in [0.29, 0.717) is 13.2 Å². The molecular weight excluding hydrogens is 284 g/mol. The summed E-state index contributed by atoms with van der Waals surface area (Å²) in [6.07, 6.45) is 8.28. The van der Waals surface area contributed by atoms with Crippen molar-refractivity contribution < 1.29 is 9.47 Å². The lowest BCUT2D eigenvalue weighted by Gasteiger charge is -2.44. The van der Waals surface area contributed by atoms with Crippen molar-refractivity contribution in [1.82, 2.24) is 0 Å². The van der Waals surface area contributed by atoms with E-state index in [9.17, 15) is 0 Å². The zero-order chi connectivity index (χ0) is 15.5. The fraction of sp³-hybridized carbons (Fsp3) is 0.143. The van der Waals surface area contributed by atoms with Gasteiger partial charge in [0.25, 0.3) is 0 Å². The van der Waals surface area contributed by atoms with Crippen molar-refractivity contribution in [3.8, 4) is 0 Å². The molecule has 2 bridgehead atoms. The lowest BCUT2D eigenvalue weighted by Crippen LogP contribution is -2.46. The van der Waals surface area contributed by atoms with E-state index in [-0.39, 0.29) is 0 Å². The molecule has 114 valence electrons. The normalized spacial score (nSPS) is 17.2.